The molecule has 0 unspecified atom stereocenters. The summed E-state index contributed by atoms with van der Waals surface area (Å²) in [5.41, 5.74) is 3.88. The maximum atomic E-state index is 12.4. The van der Waals surface area contributed by atoms with Gasteiger partial charge >= 0.3 is 0 Å². The highest BCUT2D eigenvalue weighted by molar-refractivity contribution is 5.95. The van der Waals surface area contributed by atoms with Crippen molar-refractivity contribution in [3.63, 3.8) is 0 Å². The second-order valence-electron chi connectivity index (χ2n) is 5.85. The van der Waals surface area contributed by atoms with Crippen LogP contribution in [0.15, 0.2) is 42.7 Å². The Balaban J connectivity index is 0.00000144. The highest BCUT2D eigenvalue weighted by Gasteiger charge is 2.16. The first-order valence-electron chi connectivity index (χ1n) is 7.76. The van der Waals surface area contributed by atoms with Gasteiger partial charge in [-0.15, -0.1) is 24.8 Å². The number of carbonyl (C=O) groups excluding carboxylic acids is 1. The first-order valence-corrected chi connectivity index (χ1v) is 7.76. The molecule has 4 nitrogen and oxygen atoms in total. The van der Waals surface area contributed by atoms with E-state index in [4.69, 9.17) is 0 Å². The van der Waals surface area contributed by atoms with Crippen molar-refractivity contribution in [2.45, 2.75) is 25.8 Å². The van der Waals surface area contributed by atoms with Crippen LogP contribution < -0.4 is 10.6 Å². The van der Waals surface area contributed by atoms with Crippen molar-refractivity contribution in [2.75, 3.05) is 13.1 Å². The molecule has 3 rings (SSSR count). The Morgan fingerprint density at radius 1 is 1.17 bits per heavy atom. The Hall–Kier alpha value is -1.62. The zero-order valence-electron chi connectivity index (χ0n) is 13.6. The smallest absolute Gasteiger partial charge is 0.253 e. The summed E-state index contributed by atoms with van der Waals surface area (Å²) in [6.07, 6.45) is 5.56. The minimum absolute atomic E-state index is 0. The highest BCUT2D eigenvalue weighted by Crippen LogP contribution is 2.20. The number of pyridine rings is 1. The molecule has 1 saturated heterocycles. The molecule has 24 heavy (non-hydrogen) atoms. The van der Waals surface area contributed by atoms with Crippen LogP contribution in [0, 0.1) is 6.92 Å². The van der Waals surface area contributed by atoms with Crippen LogP contribution in [0.5, 0.6) is 0 Å². The summed E-state index contributed by atoms with van der Waals surface area (Å²) in [4.78, 5) is 16.6. The van der Waals surface area contributed by atoms with E-state index in [-0.39, 0.29) is 36.8 Å². The number of aryl methyl sites for hydroxylation is 1. The van der Waals surface area contributed by atoms with Gasteiger partial charge in [-0.1, -0.05) is 29.8 Å². The van der Waals surface area contributed by atoms with Gasteiger partial charge in [-0.2, -0.15) is 0 Å². The predicted molar refractivity (Wildman–Crippen MR) is 102 cm³/mol. The largest absolute Gasteiger partial charge is 0.348 e. The molecule has 0 aliphatic carbocycles. The highest BCUT2D eigenvalue weighted by atomic mass is 35.5. The Bertz CT molecular complexity index is 656. The molecule has 0 bridgehead atoms. The molecular formula is C18H23Cl2N3O. The zero-order chi connectivity index (χ0) is 15.4. The van der Waals surface area contributed by atoms with Gasteiger partial charge in [-0.3, -0.25) is 9.78 Å². The fraction of sp³-hybridized carbons (Fsp3) is 0.333. The van der Waals surface area contributed by atoms with Crippen LogP contribution in [0.3, 0.4) is 0 Å². The molecule has 2 heterocycles. The third-order valence-electron chi connectivity index (χ3n) is 4.02. The molecule has 1 fully saturated rings. The number of nitrogens with one attached hydrogen (secondary N) is 2. The van der Waals surface area contributed by atoms with E-state index in [2.05, 4.69) is 46.8 Å². The Morgan fingerprint density at radius 3 is 2.58 bits per heavy atom. The molecule has 1 amide bonds. The Morgan fingerprint density at radius 2 is 1.92 bits per heavy atom. The lowest BCUT2D eigenvalue weighted by Gasteiger charge is -2.23. The van der Waals surface area contributed by atoms with E-state index in [0.717, 1.165) is 37.1 Å². The van der Waals surface area contributed by atoms with E-state index in [1.807, 2.05) is 6.07 Å². The molecule has 0 saturated carbocycles. The van der Waals surface area contributed by atoms with Crippen LogP contribution >= 0.6 is 24.8 Å². The number of hydrogen-bond donors (Lipinski definition) is 2. The lowest BCUT2D eigenvalue weighted by molar-refractivity contribution is 0.0930. The maximum Gasteiger partial charge on any atom is 0.253 e. The second-order valence-corrected chi connectivity index (χ2v) is 5.85. The van der Waals surface area contributed by atoms with Gasteiger partial charge in [0, 0.05) is 30.5 Å². The predicted octanol–water partition coefficient (Wildman–Crippen LogP) is 3.38. The summed E-state index contributed by atoms with van der Waals surface area (Å²) in [5, 5.41) is 6.39. The fourth-order valence-electron chi connectivity index (χ4n) is 2.71. The molecule has 6 heteroatoms. The Labute approximate surface area is 155 Å². The fourth-order valence-corrected chi connectivity index (χ4v) is 2.71. The summed E-state index contributed by atoms with van der Waals surface area (Å²) in [5.74, 6) is -0.0461. The van der Waals surface area contributed by atoms with Gasteiger partial charge in [0.15, 0.2) is 0 Å². The molecule has 130 valence electrons. The third kappa shape index (κ3) is 5.20. The van der Waals surface area contributed by atoms with Crippen molar-refractivity contribution in [2.24, 2.45) is 0 Å². The number of benzene rings is 1. The molecule has 1 aromatic heterocycles. The third-order valence-corrected chi connectivity index (χ3v) is 4.02. The molecule has 1 aliphatic rings. The minimum Gasteiger partial charge on any atom is -0.348 e. The minimum atomic E-state index is -0.0461. The van der Waals surface area contributed by atoms with Crippen LogP contribution in [-0.4, -0.2) is 30.0 Å². The van der Waals surface area contributed by atoms with Crippen molar-refractivity contribution in [1.82, 2.24) is 15.6 Å². The number of nitrogens with zero attached hydrogens (tertiary/aromatic N) is 1. The molecule has 0 spiro atoms. The molecule has 1 atom stereocenters. The molecule has 2 aromatic rings. The van der Waals surface area contributed by atoms with Crippen LogP contribution in [0.4, 0.5) is 0 Å². The number of piperidine rings is 1. The van der Waals surface area contributed by atoms with Crippen molar-refractivity contribution >= 4 is 30.7 Å². The second kappa shape index (κ2) is 9.62. The summed E-state index contributed by atoms with van der Waals surface area (Å²) in [7, 11) is 0. The first kappa shape index (κ1) is 20.4. The Kier molecular flexibility index (Phi) is 8.19. The molecule has 2 N–H and O–H groups in total. The molecular weight excluding hydrogens is 345 g/mol. The van der Waals surface area contributed by atoms with E-state index in [1.54, 1.807) is 12.4 Å². The zero-order valence-corrected chi connectivity index (χ0v) is 15.3. The number of rotatable bonds is 3. The van der Waals surface area contributed by atoms with Crippen molar-refractivity contribution in [3.8, 4) is 11.1 Å². The monoisotopic (exact) mass is 367 g/mol. The van der Waals surface area contributed by atoms with Gasteiger partial charge in [0.25, 0.3) is 5.91 Å². The number of aromatic nitrogens is 1. The number of hydrogen-bond acceptors (Lipinski definition) is 3. The van der Waals surface area contributed by atoms with Gasteiger partial charge in [0.1, 0.15) is 0 Å². The molecule has 1 aliphatic heterocycles. The molecule has 0 radical (unpaired) electrons. The summed E-state index contributed by atoms with van der Waals surface area (Å²) in [6.45, 7) is 3.94. The normalized spacial score (nSPS) is 16.5. The number of halogens is 2. The average molecular weight is 368 g/mol. The van der Waals surface area contributed by atoms with Crippen LogP contribution in [0.2, 0.25) is 0 Å². The van der Waals surface area contributed by atoms with Crippen molar-refractivity contribution in [1.29, 1.82) is 0 Å². The lowest BCUT2D eigenvalue weighted by atomic mass is 10.0. The quantitative estimate of drug-likeness (QED) is 0.873. The maximum absolute atomic E-state index is 12.4. The number of amides is 1. The van der Waals surface area contributed by atoms with E-state index in [1.165, 1.54) is 5.56 Å². The van der Waals surface area contributed by atoms with Gasteiger partial charge < -0.3 is 10.6 Å². The number of carbonyl (C=O) groups is 1. The lowest BCUT2D eigenvalue weighted by Crippen LogP contribution is -2.45. The summed E-state index contributed by atoms with van der Waals surface area (Å²) < 4.78 is 0. The standard InChI is InChI=1S/C18H21N3O.2ClH/c1-13-4-6-14(7-5-13)15-9-16(11-20-10-15)18(22)21-17-3-2-8-19-12-17;;/h4-7,9-11,17,19H,2-3,8,12H2,1H3,(H,21,22);2*1H/t17-;;/m0../s1. The van der Waals surface area contributed by atoms with Gasteiger partial charge in [-0.25, -0.2) is 0 Å². The van der Waals surface area contributed by atoms with E-state index in [9.17, 15) is 4.79 Å². The topological polar surface area (TPSA) is 54.0 Å². The van der Waals surface area contributed by atoms with Crippen molar-refractivity contribution < 1.29 is 4.79 Å². The van der Waals surface area contributed by atoms with Crippen LogP contribution in [0.25, 0.3) is 11.1 Å². The average Bonchev–Trinajstić information content (AvgIpc) is 2.56. The molecule has 1 aromatic carbocycles. The summed E-state index contributed by atoms with van der Waals surface area (Å²) in [6, 6.07) is 10.4. The van der Waals surface area contributed by atoms with E-state index >= 15 is 0 Å². The van der Waals surface area contributed by atoms with Gasteiger partial charge in [0.05, 0.1) is 5.56 Å². The SMILES string of the molecule is Cc1ccc(-c2cncc(C(=O)N[C@H]3CCCNC3)c2)cc1.Cl.Cl. The van der Waals surface area contributed by atoms with Gasteiger partial charge in [0.2, 0.25) is 0 Å². The van der Waals surface area contributed by atoms with Crippen LogP contribution in [0.1, 0.15) is 28.8 Å². The first-order chi connectivity index (χ1) is 10.7. The van der Waals surface area contributed by atoms with Gasteiger partial charge in [-0.05, 0) is 37.9 Å². The van der Waals surface area contributed by atoms with E-state index in [0.29, 0.717) is 5.56 Å². The summed E-state index contributed by atoms with van der Waals surface area (Å²) >= 11 is 0. The van der Waals surface area contributed by atoms with Crippen molar-refractivity contribution in [3.05, 3.63) is 53.9 Å². The van der Waals surface area contributed by atoms with E-state index < -0.39 is 0 Å². The van der Waals surface area contributed by atoms with Crippen LogP contribution in [-0.2, 0) is 0 Å².